The third kappa shape index (κ3) is 10.3. The molecule has 0 fully saturated rings. The molecule has 0 saturated heterocycles. The minimum atomic E-state index is -3.68. The highest BCUT2D eigenvalue weighted by atomic mass is 31.2. The zero-order chi connectivity index (χ0) is 20.0. The molecule has 2 atom stereocenters. The quantitative estimate of drug-likeness (QED) is 0.209. The van der Waals surface area contributed by atoms with Gasteiger partial charge in [0.05, 0.1) is 12.2 Å². The van der Waals surface area contributed by atoms with Gasteiger partial charge in [0.1, 0.15) is 5.75 Å². The van der Waals surface area contributed by atoms with E-state index in [2.05, 4.69) is 27.7 Å². The lowest BCUT2D eigenvalue weighted by Gasteiger charge is -2.27. The Labute approximate surface area is 166 Å². The first kappa shape index (κ1) is 24.2. The predicted molar refractivity (Wildman–Crippen MR) is 113 cm³/mol. The molecule has 0 N–H and O–H groups in total. The van der Waals surface area contributed by atoms with Gasteiger partial charge in [-0.1, -0.05) is 84.4 Å². The van der Waals surface area contributed by atoms with Crippen LogP contribution in [-0.4, -0.2) is 12.2 Å². The summed E-state index contributed by atoms with van der Waals surface area (Å²) in [5.74, 6) is 0.521. The van der Waals surface area contributed by atoms with E-state index in [1.54, 1.807) is 12.1 Å². The number of phosphoric acid groups is 1. The van der Waals surface area contributed by atoms with Crippen LogP contribution in [0.3, 0.4) is 0 Å². The summed E-state index contributed by atoms with van der Waals surface area (Å²) in [6.45, 7) is 8.47. The van der Waals surface area contributed by atoms with Crippen molar-refractivity contribution in [2.24, 2.45) is 0 Å². The van der Waals surface area contributed by atoms with Gasteiger partial charge in [0.25, 0.3) is 0 Å². The minimum Gasteiger partial charge on any atom is -0.404 e. The number of para-hydroxylation sites is 1. The Morgan fingerprint density at radius 3 is 1.67 bits per heavy atom. The van der Waals surface area contributed by atoms with E-state index in [1.165, 1.54) is 0 Å². The first-order valence-corrected chi connectivity index (χ1v) is 12.2. The molecular formula is C22H39O4P. The molecule has 0 aliphatic carbocycles. The smallest absolute Gasteiger partial charge is 0.404 e. The molecule has 0 bridgehead atoms. The van der Waals surface area contributed by atoms with E-state index >= 15 is 0 Å². The second kappa shape index (κ2) is 14.2. The van der Waals surface area contributed by atoms with Gasteiger partial charge in [-0.25, -0.2) is 4.57 Å². The highest BCUT2D eigenvalue weighted by Crippen LogP contribution is 2.53. The Bertz CT molecular complexity index is 496. The normalized spacial score (nSPS) is 15.9. The van der Waals surface area contributed by atoms with Crippen molar-refractivity contribution >= 4 is 7.82 Å². The lowest BCUT2D eigenvalue weighted by Crippen LogP contribution is -2.18. The van der Waals surface area contributed by atoms with Crippen molar-refractivity contribution in [1.82, 2.24) is 0 Å². The van der Waals surface area contributed by atoms with Crippen molar-refractivity contribution in [3.8, 4) is 5.75 Å². The number of benzene rings is 1. The van der Waals surface area contributed by atoms with Gasteiger partial charge in [-0.05, 0) is 37.8 Å². The van der Waals surface area contributed by atoms with Crippen molar-refractivity contribution in [3.05, 3.63) is 30.3 Å². The molecule has 0 aliphatic rings. The van der Waals surface area contributed by atoms with E-state index in [9.17, 15) is 4.57 Å². The van der Waals surface area contributed by atoms with Gasteiger partial charge in [0.15, 0.2) is 0 Å². The van der Waals surface area contributed by atoms with Gasteiger partial charge < -0.3 is 4.52 Å². The minimum absolute atomic E-state index is 0.112. The van der Waals surface area contributed by atoms with Crippen LogP contribution in [0.4, 0.5) is 0 Å². The molecule has 0 heterocycles. The second-order valence-electron chi connectivity index (χ2n) is 7.11. The summed E-state index contributed by atoms with van der Waals surface area (Å²) >= 11 is 0. The van der Waals surface area contributed by atoms with Gasteiger partial charge in [-0.3, -0.25) is 9.05 Å². The van der Waals surface area contributed by atoms with E-state index in [-0.39, 0.29) is 12.2 Å². The Balaban J connectivity index is 2.84. The van der Waals surface area contributed by atoms with Crippen LogP contribution in [0.15, 0.2) is 30.3 Å². The molecule has 156 valence electrons. The van der Waals surface area contributed by atoms with Crippen molar-refractivity contribution in [1.29, 1.82) is 0 Å². The molecule has 0 radical (unpaired) electrons. The monoisotopic (exact) mass is 398 g/mol. The summed E-state index contributed by atoms with van der Waals surface area (Å²) in [6.07, 6.45) is 9.86. The number of hydrogen-bond acceptors (Lipinski definition) is 4. The van der Waals surface area contributed by atoms with Crippen LogP contribution in [0.2, 0.25) is 0 Å². The zero-order valence-electron chi connectivity index (χ0n) is 17.7. The van der Waals surface area contributed by atoms with E-state index in [4.69, 9.17) is 13.6 Å². The topological polar surface area (TPSA) is 44.8 Å². The fourth-order valence-electron chi connectivity index (χ4n) is 2.95. The van der Waals surface area contributed by atoms with Crippen molar-refractivity contribution in [3.63, 3.8) is 0 Å². The average molecular weight is 399 g/mol. The summed E-state index contributed by atoms with van der Waals surface area (Å²) < 4.78 is 31.3. The highest BCUT2D eigenvalue weighted by molar-refractivity contribution is 7.49. The van der Waals surface area contributed by atoms with Gasteiger partial charge in [-0.2, -0.15) is 0 Å². The zero-order valence-corrected chi connectivity index (χ0v) is 18.6. The van der Waals surface area contributed by atoms with E-state index in [0.29, 0.717) is 5.75 Å². The van der Waals surface area contributed by atoms with Crippen molar-refractivity contribution in [2.75, 3.05) is 0 Å². The Kier molecular flexibility index (Phi) is 12.7. The lowest BCUT2D eigenvalue weighted by molar-refractivity contribution is 0.0670. The number of hydrogen-bond donors (Lipinski definition) is 0. The van der Waals surface area contributed by atoms with E-state index in [1.807, 2.05) is 18.2 Å². The predicted octanol–water partition coefficient (Wildman–Crippen LogP) is 7.92. The number of rotatable bonds is 16. The van der Waals surface area contributed by atoms with Gasteiger partial charge in [-0.15, -0.1) is 0 Å². The maximum absolute atomic E-state index is 13.5. The van der Waals surface area contributed by atoms with E-state index < -0.39 is 7.82 Å². The first-order chi connectivity index (χ1) is 13.1. The lowest BCUT2D eigenvalue weighted by atomic mass is 10.1. The molecule has 0 aromatic heterocycles. The SMILES string of the molecule is CCCCCC(CC)OP(=O)(Oc1ccccc1)OC(CC)CCCCC. The standard InChI is InChI=1S/C22H39O4P/c1-5-9-12-16-20(7-3)24-27(23,26-22-18-14-11-15-19-22)25-21(8-4)17-13-10-6-2/h11,14-15,18-21H,5-10,12-13,16-17H2,1-4H3. The summed E-state index contributed by atoms with van der Waals surface area (Å²) in [4.78, 5) is 0. The molecule has 1 aromatic carbocycles. The van der Waals surface area contributed by atoms with Gasteiger partial charge in [0, 0.05) is 0 Å². The van der Waals surface area contributed by atoms with Crippen LogP contribution in [0, 0.1) is 0 Å². The van der Waals surface area contributed by atoms with Crippen molar-refractivity contribution in [2.45, 2.75) is 104 Å². The molecule has 0 aliphatic heterocycles. The molecular weight excluding hydrogens is 359 g/mol. The summed E-state index contributed by atoms with van der Waals surface area (Å²) in [6, 6.07) is 9.19. The van der Waals surface area contributed by atoms with Crippen LogP contribution in [-0.2, 0) is 13.6 Å². The number of phosphoric ester groups is 1. The third-order valence-electron chi connectivity index (χ3n) is 4.69. The molecule has 5 heteroatoms. The summed E-state index contributed by atoms with van der Waals surface area (Å²) in [7, 11) is -3.68. The molecule has 2 unspecified atom stereocenters. The van der Waals surface area contributed by atoms with Crippen molar-refractivity contribution < 1.29 is 18.1 Å². The summed E-state index contributed by atoms with van der Waals surface area (Å²) in [5, 5.41) is 0. The maximum Gasteiger partial charge on any atom is 0.530 e. The van der Waals surface area contributed by atoms with Crippen LogP contribution in [0.25, 0.3) is 0 Å². The van der Waals surface area contributed by atoms with E-state index in [0.717, 1.165) is 64.2 Å². The fourth-order valence-corrected chi connectivity index (χ4v) is 4.71. The molecule has 0 saturated carbocycles. The Hall–Kier alpha value is -0.830. The van der Waals surface area contributed by atoms with Crippen LogP contribution >= 0.6 is 7.82 Å². The number of unbranched alkanes of at least 4 members (excludes halogenated alkanes) is 4. The van der Waals surface area contributed by atoms with Crippen LogP contribution in [0.5, 0.6) is 5.75 Å². The molecule has 0 amide bonds. The molecule has 1 rings (SSSR count). The fraction of sp³-hybridized carbons (Fsp3) is 0.727. The van der Waals surface area contributed by atoms with Crippen LogP contribution in [0.1, 0.15) is 91.9 Å². The second-order valence-corrected chi connectivity index (χ2v) is 8.61. The molecule has 4 nitrogen and oxygen atoms in total. The Morgan fingerprint density at radius 2 is 1.26 bits per heavy atom. The molecule has 0 spiro atoms. The van der Waals surface area contributed by atoms with Crippen LogP contribution < -0.4 is 4.52 Å². The summed E-state index contributed by atoms with van der Waals surface area (Å²) in [5.41, 5.74) is 0. The Morgan fingerprint density at radius 1 is 0.778 bits per heavy atom. The largest absolute Gasteiger partial charge is 0.530 e. The first-order valence-electron chi connectivity index (χ1n) is 10.8. The van der Waals surface area contributed by atoms with Gasteiger partial charge >= 0.3 is 7.82 Å². The maximum atomic E-state index is 13.5. The highest BCUT2D eigenvalue weighted by Gasteiger charge is 2.34. The van der Waals surface area contributed by atoms with Gasteiger partial charge in [0.2, 0.25) is 0 Å². The molecule has 1 aromatic rings. The average Bonchev–Trinajstić information content (AvgIpc) is 2.67. The third-order valence-corrected chi connectivity index (χ3v) is 6.23. The molecule has 27 heavy (non-hydrogen) atoms.